The Morgan fingerprint density at radius 2 is 1.76 bits per heavy atom. The van der Waals surface area contributed by atoms with Crippen LogP contribution in [-0.4, -0.2) is 19.0 Å². The van der Waals surface area contributed by atoms with Crippen LogP contribution in [0, 0.1) is 13.8 Å². The van der Waals surface area contributed by atoms with Gasteiger partial charge in [0.1, 0.15) is 5.75 Å². The zero-order valence-corrected chi connectivity index (χ0v) is 10.3. The molecular formula is C13H16O4. The third-order valence-electron chi connectivity index (χ3n) is 2.54. The number of hydrogen-bond donors (Lipinski definition) is 0. The molecule has 0 saturated heterocycles. The van der Waals surface area contributed by atoms with Gasteiger partial charge in [0, 0.05) is 0 Å². The molecule has 0 aromatic heterocycles. The standard InChI is InChI=1S/C13H16O4/c1-9-5-4-6-11(10(9)2)17-13(15)8-7-12(14)16-3/h4-6H,7-8H2,1-3H3. The fraction of sp³-hybridized carbons (Fsp3) is 0.385. The molecule has 0 amide bonds. The summed E-state index contributed by atoms with van der Waals surface area (Å²) >= 11 is 0. The first kappa shape index (κ1) is 13.2. The van der Waals surface area contributed by atoms with Crippen molar-refractivity contribution >= 4 is 11.9 Å². The average molecular weight is 236 g/mol. The number of esters is 2. The second-order valence-electron chi connectivity index (χ2n) is 3.75. The van der Waals surface area contributed by atoms with Gasteiger partial charge in [-0.25, -0.2) is 0 Å². The highest BCUT2D eigenvalue weighted by molar-refractivity contribution is 5.79. The maximum absolute atomic E-state index is 11.5. The van der Waals surface area contributed by atoms with E-state index >= 15 is 0 Å². The lowest BCUT2D eigenvalue weighted by Gasteiger charge is -2.08. The molecule has 92 valence electrons. The Kier molecular flexibility index (Phi) is 4.69. The summed E-state index contributed by atoms with van der Waals surface area (Å²) in [6, 6.07) is 5.50. The fourth-order valence-electron chi connectivity index (χ4n) is 1.31. The molecule has 0 saturated carbocycles. The summed E-state index contributed by atoms with van der Waals surface area (Å²) in [6.07, 6.45) is 0.0697. The van der Waals surface area contributed by atoms with Crippen LogP contribution in [-0.2, 0) is 14.3 Å². The van der Waals surface area contributed by atoms with E-state index in [0.717, 1.165) is 11.1 Å². The summed E-state index contributed by atoms with van der Waals surface area (Å²) < 4.78 is 9.62. The van der Waals surface area contributed by atoms with Crippen molar-refractivity contribution in [3.8, 4) is 5.75 Å². The molecule has 1 aromatic rings. The van der Waals surface area contributed by atoms with Crippen molar-refractivity contribution in [2.75, 3.05) is 7.11 Å². The van der Waals surface area contributed by atoms with Crippen LogP contribution in [0.25, 0.3) is 0 Å². The molecule has 4 nitrogen and oxygen atoms in total. The van der Waals surface area contributed by atoms with Gasteiger partial charge in [-0.3, -0.25) is 9.59 Å². The van der Waals surface area contributed by atoms with Crippen LogP contribution < -0.4 is 4.74 Å². The number of benzene rings is 1. The number of methoxy groups -OCH3 is 1. The van der Waals surface area contributed by atoms with Gasteiger partial charge in [-0.2, -0.15) is 0 Å². The Balaban J connectivity index is 2.56. The second-order valence-corrected chi connectivity index (χ2v) is 3.75. The van der Waals surface area contributed by atoms with E-state index in [1.807, 2.05) is 26.0 Å². The number of aryl methyl sites for hydroxylation is 1. The van der Waals surface area contributed by atoms with E-state index in [1.54, 1.807) is 6.07 Å². The number of carbonyl (C=O) groups is 2. The lowest BCUT2D eigenvalue weighted by Crippen LogP contribution is -2.12. The molecule has 4 heteroatoms. The predicted molar refractivity (Wildman–Crippen MR) is 62.8 cm³/mol. The van der Waals surface area contributed by atoms with E-state index < -0.39 is 11.9 Å². The van der Waals surface area contributed by atoms with Crippen molar-refractivity contribution < 1.29 is 19.1 Å². The summed E-state index contributed by atoms with van der Waals surface area (Å²) in [5.41, 5.74) is 1.99. The number of ether oxygens (including phenoxy) is 2. The molecule has 0 spiro atoms. The number of rotatable bonds is 4. The summed E-state index contributed by atoms with van der Waals surface area (Å²) in [5.74, 6) is -0.299. The van der Waals surface area contributed by atoms with Crippen molar-refractivity contribution in [1.29, 1.82) is 0 Å². The molecule has 0 fully saturated rings. The molecule has 0 bridgehead atoms. The molecule has 1 aromatic carbocycles. The van der Waals surface area contributed by atoms with Gasteiger partial charge in [0.25, 0.3) is 0 Å². The van der Waals surface area contributed by atoms with E-state index in [4.69, 9.17) is 4.74 Å². The van der Waals surface area contributed by atoms with Gasteiger partial charge in [0.05, 0.1) is 20.0 Å². The van der Waals surface area contributed by atoms with Crippen molar-refractivity contribution in [1.82, 2.24) is 0 Å². The maximum Gasteiger partial charge on any atom is 0.311 e. The molecular weight excluding hydrogens is 220 g/mol. The van der Waals surface area contributed by atoms with E-state index in [2.05, 4.69) is 4.74 Å². The van der Waals surface area contributed by atoms with E-state index in [0.29, 0.717) is 5.75 Å². The van der Waals surface area contributed by atoms with Crippen LogP contribution in [0.1, 0.15) is 24.0 Å². The fourth-order valence-corrected chi connectivity index (χ4v) is 1.31. The number of carbonyl (C=O) groups excluding carboxylic acids is 2. The smallest absolute Gasteiger partial charge is 0.311 e. The van der Waals surface area contributed by atoms with Gasteiger partial charge in [-0.05, 0) is 31.0 Å². The minimum absolute atomic E-state index is 0.0278. The first-order valence-corrected chi connectivity index (χ1v) is 5.38. The second kappa shape index (κ2) is 6.03. The van der Waals surface area contributed by atoms with Crippen LogP contribution in [0.4, 0.5) is 0 Å². The highest BCUT2D eigenvalue weighted by Gasteiger charge is 2.10. The van der Waals surface area contributed by atoms with Gasteiger partial charge in [0.15, 0.2) is 0 Å². The quantitative estimate of drug-likeness (QED) is 0.593. The SMILES string of the molecule is COC(=O)CCC(=O)Oc1cccc(C)c1C. The van der Waals surface area contributed by atoms with Crippen molar-refractivity contribution in [3.05, 3.63) is 29.3 Å². The van der Waals surface area contributed by atoms with Crippen molar-refractivity contribution in [3.63, 3.8) is 0 Å². The van der Waals surface area contributed by atoms with Gasteiger partial charge < -0.3 is 9.47 Å². The Hall–Kier alpha value is -1.84. The van der Waals surface area contributed by atoms with Crippen LogP contribution in [0.5, 0.6) is 5.75 Å². The van der Waals surface area contributed by atoms with Crippen molar-refractivity contribution in [2.24, 2.45) is 0 Å². The molecule has 17 heavy (non-hydrogen) atoms. The molecule has 0 unspecified atom stereocenters. The third kappa shape index (κ3) is 3.90. The largest absolute Gasteiger partial charge is 0.469 e. The van der Waals surface area contributed by atoms with Gasteiger partial charge in [-0.1, -0.05) is 12.1 Å². The maximum atomic E-state index is 11.5. The van der Waals surface area contributed by atoms with Crippen LogP contribution in [0.3, 0.4) is 0 Å². The van der Waals surface area contributed by atoms with E-state index in [-0.39, 0.29) is 12.8 Å². The van der Waals surface area contributed by atoms with Gasteiger partial charge in [0.2, 0.25) is 0 Å². The zero-order valence-electron chi connectivity index (χ0n) is 10.3. The Morgan fingerprint density at radius 3 is 2.41 bits per heavy atom. The topological polar surface area (TPSA) is 52.6 Å². The molecule has 0 aliphatic carbocycles. The van der Waals surface area contributed by atoms with Gasteiger partial charge >= 0.3 is 11.9 Å². The Labute approximate surface area is 101 Å². The molecule has 0 radical (unpaired) electrons. The van der Waals surface area contributed by atoms with E-state index in [1.165, 1.54) is 7.11 Å². The minimum atomic E-state index is -0.427. The summed E-state index contributed by atoms with van der Waals surface area (Å²) in [6.45, 7) is 3.83. The highest BCUT2D eigenvalue weighted by Crippen LogP contribution is 2.21. The minimum Gasteiger partial charge on any atom is -0.469 e. The van der Waals surface area contributed by atoms with E-state index in [9.17, 15) is 9.59 Å². The van der Waals surface area contributed by atoms with Crippen molar-refractivity contribution in [2.45, 2.75) is 26.7 Å². The monoisotopic (exact) mass is 236 g/mol. The Bertz CT molecular complexity index is 423. The molecule has 0 heterocycles. The lowest BCUT2D eigenvalue weighted by atomic mass is 10.1. The zero-order chi connectivity index (χ0) is 12.8. The highest BCUT2D eigenvalue weighted by atomic mass is 16.5. The normalized spacial score (nSPS) is 9.82. The first-order valence-electron chi connectivity index (χ1n) is 5.38. The molecule has 1 rings (SSSR count). The first-order chi connectivity index (χ1) is 8.04. The molecule has 0 atom stereocenters. The third-order valence-corrected chi connectivity index (χ3v) is 2.54. The van der Waals surface area contributed by atoms with Gasteiger partial charge in [-0.15, -0.1) is 0 Å². The summed E-state index contributed by atoms with van der Waals surface area (Å²) in [5, 5.41) is 0. The van der Waals surface area contributed by atoms with Crippen LogP contribution in [0.15, 0.2) is 18.2 Å². The molecule has 0 N–H and O–H groups in total. The molecule has 0 aliphatic heterocycles. The summed E-state index contributed by atoms with van der Waals surface area (Å²) in [7, 11) is 1.29. The predicted octanol–water partition coefficient (Wildman–Crippen LogP) is 2.16. The summed E-state index contributed by atoms with van der Waals surface area (Å²) in [4.78, 5) is 22.3. The molecule has 0 aliphatic rings. The average Bonchev–Trinajstić information content (AvgIpc) is 2.32. The number of hydrogen-bond acceptors (Lipinski definition) is 4. The van der Waals surface area contributed by atoms with Crippen LogP contribution in [0.2, 0.25) is 0 Å². The van der Waals surface area contributed by atoms with Crippen LogP contribution >= 0.6 is 0 Å². The lowest BCUT2D eigenvalue weighted by molar-refractivity contribution is -0.144. The Morgan fingerprint density at radius 1 is 1.12 bits per heavy atom.